The Bertz CT molecular complexity index is 1000. The van der Waals surface area contributed by atoms with Gasteiger partial charge in [-0.3, -0.25) is 0 Å². The number of nitrogens with two attached hydrogens (primary N) is 1. The fourth-order valence-corrected chi connectivity index (χ4v) is 4.14. The van der Waals surface area contributed by atoms with E-state index in [1.807, 2.05) is 20.2 Å². The third-order valence-electron chi connectivity index (χ3n) is 5.41. The van der Waals surface area contributed by atoms with Gasteiger partial charge < -0.3 is 15.1 Å². The Morgan fingerprint density at radius 2 is 2.00 bits per heavy atom. The smallest absolute Gasteiger partial charge is 0.238 e. The predicted octanol–water partition coefficient (Wildman–Crippen LogP) is 1.54. The highest BCUT2D eigenvalue weighted by Crippen LogP contribution is 2.40. The lowest BCUT2D eigenvalue weighted by molar-refractivity contribution is 0.425. The van der Waals surface area contributed by atoms with Crippen molar-refractivity contribution in [3.05, 3.63) is 41.1 Å². The van der Waals surface area contributed by atoms with Crippen molar-refractivity contribution in [2.75, 3.05) is 43.9 Å². The lowest BCUT2D eigenvalue weighted by atomic mass is 10.00. The predicted molar refractivity (Wildman–Crippen MR) is 114 cm³/mol. The second-order valence-corrected chi connectivity index (χ2v) is 9.69. The summed E-state index contributed by atoms with van der Waals surface area (Å²) in [4.78, 5) is 13.9. The molecule has 29 heavy (non-hydrogen) atoms. The van der Waals surface area contributed by atoms with Crippen molar-refractivity contribution in [2.45, 2.75) is 36.6 Å². The Labute approximate surface area is 172 Å². The van der Waals surface area contributed by atoms with Crippen LogP contribution in [0.25, 0.3) is 0 Å². The van der Waals surface area contributed by atoms with E-state index in [9.17, 15) is 8.42 Å². The highest BCUT2D eigenvalue weighted by molar-refractivity contribution is 7.89. The van der Waals surface area contributed by atoms with E-state index in [1.165, 1.54) is 12.8 Å². The number of nitrogens with zero attached hydrogens (tertiary/aromatic N) is 4. The molecular weight excluding hydrogens is 388 g/mol. The normalized spacial score (nSPS) is 16.8. The number of likely N-dealkylation sites (N-methyl/N-ethyl adjacent to an activating group) is 1. The van der Waals surface area contributed by atoms with Crippen LogP contribution < -0.4 is 15.4 Å². The number of fused-ring (bicyclic) bond motifs is 1. The third kappa shape index (κ3) is 4.85. The van der Waals surface area contributed by atoms with Gasteiger partial charge in [0.2, 0.25) is 16.0 Å². The molecule has 0 radical (unpaired) electrons. The minimum absolute atomic E-state index is 0.158. The van der Waals surface area contributed by atoms with E-state index in [-0.39, 0.29) is 4.90 Å². The second kappa shape index (κ2) is 7.89. The van der Waals surface area contributed by atoms with Crippen molar-refractivity contribution in [1.29, 1.82) is 0 Å². The summed E-state index contributed by atoms with van der Waals surface area (Å²) in [6.07, 6.45) is 3.19. The number of aromatic nitrogens is 2. The maximum absolute atomic E-state index is 11.7. The molecule has 2 heterocycles. The zero-order chi connectivity index (χ0) is 20.6. The van der Waals surface area contributed by atoms with Crippen molar-refractivity contribution in [2.24, 2.45) is 5.14 Å². The number of primary sulfonamides is 1. The molecule has 0 saturated heterocycles. The monoisotopic (exact) mass is 416 g/mol. The highest BCUT2D eigenvalue weighted by Gasteiger charge is 2.28. The molecule has 4 rings (SSSR count). The molecule has 2 aliphatic rings. The van der Waals surface area contributed by atoms with Gasteiger partial charge in [0.1, 0.15) is 5.82 Å². The molecule has 0 amide bonds. The fourth-order valence-electron chi connectivity index (χ4n) is 3.58. The van der Waals surface area contributed by atoms with Gasteiger partial charge in [-0.15, -0.1) is 0 Å². The Morgan fingerprint density at radius 1 is 1.21 bits per heavy atom. The number of hydrogen-bond donors (Lipinski definition) is 2. The first-order valence-electron chi connectivity index (χ1n) is 9.97. The summed E-state index contributed by atoms with van der Waals surface area (Å²) in [6.45, 7) is 3.12. The fraction of sp³-hybridized carbons (Fsp3) is 0.500. The quantitative estimate of drug-likeness (QED) is 0.705. The van der Waals surface area contributed by atoms with Crippen LogP contribution in [0.15, 0.2) is 29.2 Å². The summed E-state index contributed by atoms with van der Waals surface area (Å²) in [5.41, 5.74) is 3.23. The van der Waals surface area contributed by atoms with E-state index in [0.29, 0.717) is 18.4 Å². The van der Waals surface area contributed by atoms with Crippen LogP contribution in [0.3, 0.4) is 0 Å². The number of benzene rings is 1. The summed E-state index contributed by atoms with van der Waals surface area (Å²) in [5.74, 6) is 2.08. The average Bonchev–Trinajstić information content (AvgIpc) is 3.51. The number of rotatable bonds is 7. The van der Waals surface area contributed by atoms with Crippen molar-refractivity contribution >= 4 is 21.8 Å². The summed E-state index contributed by atoms with van der Waals surface area (Å²) in [7, 11) is 0.364. The molecule has 0 atom stereocenters. The zero-order valence-corrected chi connectivity index (χ0v) is 17.7. The number of sulfonamides is 1. The van der Waals surface area contributed by atoms with Gasteiger partial charge in [-0.25, -0.2) is 18.5 Å². The molecule has 1 aromatic heterocycles. The van der Waals surface area contributed by atoms with Crippen LogP contribution in [-0.4, -0.2) is 57.0 Å². The molecule has 2 aromatic rings. The number of hydrogen-bond acceptors (Lipinski definition) is 7. The molecule has 0 unspecified atom stereocenters. The molecule has 0 spiro atoms. The Kier molecular flexibility index (Phi) is 5.46. The highest BCUT2D eigenvalue weighted by atomic mass is 32.2. The van der Waals surface area contributed by atoms with E-state index >= 15 is 0 Å². The Balaban J connectivity index is 1.58. The number of nitrogens with one attached hydrogen (secondary N) is 1. The van der Waals surface area contributed by atoms with Crippen molar-refractivity contribution in [3.8, 4) is 0 Å². The summed E-state index contributed by atoms with van der Waals surface area (Å²) in [6, 6.07) is 7.24. The van der Waals surface area contributed by atoms with Crippen LogP contribution in [-0.2, 0) is 23.0 Å². The van der Waals surface area contributed by atoms with Crippen LogP contribution in [0.2, 0.25) is 0 Å². The van der Waals surface area contributed by atoms with E-state index in [0.717, 1.165) is 48.7 Å². The van der Waals surface area contributed by atoms with Gasteiger partial charge in [0.25, 0.3) is 0 Å². The lowest BCUT2D eigenvalue weighted by Crippen LogP contribution is -2.32. The van der Waals surface area contributed by atoms with Gasteiger partial charge in [0.05, 0.1) is 10.6 Å². The van der Waals surface area contributed by atoms with Crippen LogP contribution in [0.1, 0.15) is 35.6 Å². The first kappa shape index (κ1) is 20.1. The maximum atomic E-state index is 11.7. The van der Waals surface area contributed by atoms with Gasteiger partial charge in [0, 0.05) is 38.2 Å². The van der Waals surface area contributed by atoms with Gasteiger partial charge in [-0.1, -0.05) is 6.07 Å². The molecular formula is C20H28N6O2S. The average molecular weight is 417 g/mol. The second-order valence-electron chi connectivity index (χ2n) is 8.13. The van der Waals surface area contributed by atoms with Gasteiger partial charge in [-0.2, -0.15) is 4.98 Å². The number of anilines is 2. The minimum Gasteiger partial charge on any atom is -0.353 e. The van der Waals surface area contributed by atoms with Gasteiger partial charge in [-0.05, 0) is 56.6 Å². The first-order valence-corrected chi connectivity index (χ1v) is 11.5. The molecule has 1 aromatic carbocycles. The van der Waals surface area contributed by atoms with Crippen LogP contribution >= 0.6 is 0 Å². The first-order chi connectivity index (χ1) is 13.8. The van der Waals surface area contributed by atoms with Crippen molar-refractivity contribution in [3.63, 3.8) is 0 Å². The maximum Gasteiger partial charge on any atom is 0.238 e. The van der Waals surface area contributed by atoms with Crippen LogP contribution in [0.5, 0.6) is 0 Å². The Morgan fingerprint density at radius 3 is 2.69 bits per heavy atom. The third-order valence-corrected chi connectivity index (χ3v) is 6.32. The zero-order valence-electron chi connectivity index (χ0n) is 16.9. The summed E-state index contributed by atoms with van der Waals surface area (Å²) < 4.78 is 23.4. The summed E-state index contributed by atoms with van der Waals surface area (Å²) in [5, 5.41) is 8.65. The molecule has 3 N–H and O–H groups in total. The van der Waals surface area contributed by atoms with Crippen LogP contribution in [0, 0.1) is 0 Å². The van der Waals surface area contributed by atoms with E-state index in [2.05, 4.69) is 21.2 Å². The standard InChI is InChI=1S/C20H28N6O2S/c1-25(2)10-8-22-20-23-18(15-3-4-15)12-19(24-20)26-9-7-14-5-6-17(29(21,27)28)11-16(14)13-26/h5-6,11-12,15H,3-4,7-10,13H2,1-2H3,(H2,21,27,28)(H,22,23,24). The lowest BCUT2D eigenvalue weighted by Gasteiger charge is -2.30. The topological polar surface area (TPSA) is 104 Å². The molecule has 1 saturated carbocycles. The largest absolute Gasteiger partial charge is 0.353 e. The van der Waals surface area contributed by atoms with E-state index in [4.69, 9.17) is 15.1 Å². The van der Waals surface area contributed by atoms with E-state index in [1.54, 1.807) is 12.1 Å². The van der Waals surface area contributed by atoms with Gasteiger partial charge in [0.15, 0.2) is 0 Å². The van der Waals surface area contributed by atoms with Crippen molar-refractivity contribution in [1.82, 2.24) is 14.9 Å². The Hall–Kier alpha value is -2.23. The van der Waals surface area contributed by atoms with Crippen molar-refractivity contribution < 1.29 is 8.42 Å². The van der Waals surface area contributed by atoms with E-state index < -0.39 is 10.0 Å². The molecule has 1 fully saturated rings. The van der Waals surface area contributed by atoms with Crippen LogP contribution in [0.4, 0.5) is 11.8 Å². The molecule has 0 bridgehead atoms. The minimum atomic E-state index is -3.71. The molecule has 1 aliphatic heterocycles. The molecule has 156 valence electrons. The van der Waals surface area contributed by atoms with Gasteiger partial charge >= 0.3 is 0 Å². The summed E-state index contributed by atoms with van der Waals surface area (Å²) >= 11 is 0. The molecule has 1 aliphatic carbocycles. The molecule has 8 nitrogen and oxygen atoms in total. The SMILES string of the molecule is CN(C)CCNc1nc(C2CC2)cc(N2CCc3ccc(S(N)(=O)=O)cc3C2)n1. The molecule has 9 heteroatoms.